The van der Waals surface area contributed by atoms with E-state index in [-0.39, 0.29) is 17.7 Å². The van der Waals surface area contributed by atoms with Crippen molar-refractivity contribution in [2.24, 2.45) is 0 Å². The number of amides is 1. The minimum Gasteiger partial charge on any atom is -0.410 e. The summed E-state index contributed by atoms with van der Waals surface area (Å²) in [5.74, 6) is 0.686. The van der Waals surface area contributed by atoms with Crippen molar-refractivity contribution in [1.29, 1.82) is 0 Å². The third-order valence-corrected chi connectivity index (χ3v) is 5.36. The van der Waals surface area contributed by atoms with E-state index >= 15 is 0 Å². The van der Waals surface area contributed by atoms with Crippen molar-refractivity contribution in [1.82, 2.24) is 15.5 Å². The van der Waals surface area contributed by atoms with Crippen molar-refractivity contribution in [3.63, 3.8) is 0 Å². The number of aryl methyl sites for hydroxylation is 1. The second-order valence-electron chi connectivity index (χ2n) is 5.58. The van der Waals surface area contributed by atoms with Crippen LogP contribution in [0.15, 0.2) is 51.4 Å². The van der Waals surface area contributed by atoms with Crippen molar-refractivity contribution in [3.8, 4) is 10.8 Å². The Balaban J connectivity index is 1.54. The Hall–Kier alpha value is -2.12. The van der Waals surface area contributed by atoms with E-state index in [1.54, 1.807) is 0 Å². The molecule has 0 aliphatic rings. The zero-order chi connectivity index (χ0) is 17.6. The Morgan fingerprint density at radius 1 is 1.28 bits per heavy atom. The van der Waals surface area contributed by atoms with E-state index in [9.17, 15) is 4.79 Å². The van der Waals surface area contributed by atoms with Gasteiger partial charge in [-0.3, -0.25) is 4.79 Å². The molecule has 0 saturated heterocycles. The SMILES string of the molecule is CC[C@@H](NC(=O)CSc1nnc(-c2cccs2)o1)c1ccc(C)cc1. The molecule has 0 unspecified atom stereocenters. The van der Waals surface area contributed by atoms with E-state index in [2.05, 4.69) is 53.6 Å². The van der Waals surface area contributed by atoms with Crippen LogP contribution < -0.4 is 5.32 Å². The van der Waals surface area contributed by atoms with Gasteiger partial charge >= 0.3 is 0 Å². The van der Waals surface area contributed by atoms with Gasteiger partial charge in [0.25, 0.3) is 11.1 Å². The molecule has 0 bridgehead atoms. The molecule has 0 aliphatic carbocycles. The van der Waals surface area contributed by atoms with Gasteiger partial charge in [0.2, 0.25) is 5.91 Å². The summed E-state index contributed by atoms with van der Waals surface area (Å²) in [6, 6.07) is 12.1. The summed E-state index contributed by atoms with van der Waals surface area (Å²) in [5.41, 5.74) is 2.32. The highest BCUT2D eigenvalue weighted by Crippen LogP contribution is 2.26. The van der Waals surface area contributed by atoms with Crippen LogP contribution in [0, 0.1) is 6.92 Å². The number of rotatable bonds is 7. The molecular formula is C18H19N3O2S2. The lowest BCUT2D eigenvalue weighted by Crippen LogP contribution is -2.29. The number of hydrogen-bond acceptors (Lipinski definition) is 6. The van der Waals surface area contributed by atoms with Gasteiger partial charge in [-0.1, -0.05) is 54.6 Å². The Kier molecular flexibility index (Phi) is 5.88. The average molecular weight is 374 g/mol. The Bertz CT molecular complexity index is 813. The van der Waals surface area contributed by atoms with Gasteiger partial charge in [-0.05, 0) is 30.4 Å². The number of carbonyl (C=O) groups is 1. The molecule has 5 nitrogen and oxygen atoms in total. The number of carbonyl (C=O) groups excluding carboxylic acids is 1. The molecule has 0 spiro atoms. The fraction of sp³-hybridized carbons (Fsp3) is 0.278. The summed E-state index contributed by atoms with van der Waals surface area (Å²) in [7, 11) is 0. The summed E-state index contributed by atoms with van der Waals surface area (Å²) in [6.45, 7) is 4.11. The number of thiophene rings is 1. The zero-order valence-electron chi connectivity index (χ0n) is 14.1. The van der Waals surface area contributed by atoms with Gasteiger partial charge in [0.05, 0.1) is 16.7 Å². The standard InChI is InChI=1S/C18H19N3O2S2/c1-3-14(13-8-6-12(2)7-9-13)19-16(22)11-25-18-21-20-17(23-18)15-5-4-10-24-15/h4-10,14H,3,11H2,1-2H3,(H,19,22)/t14-/m1/s1. The molecule has 25 heavy (non-hydrogen) atoms. The monoisotopic (exact) mass is 373 g/mol. The molecule has 0 aliphatic heterocycles. The molecule has 1 aromatic carbocycles. The third-order valence-electron chi connectivity index (χ3n) is 3.69. The van der Waals surface area contributed by atoms with Crippen molar-refractivity contribution in [3.05, 3.63) is 52.9 Å². The fourth-order valence-electron chi connectivity index (χ4n) is 2.35. The van der Waals surface area contributed by atoms with Crippen LogP contribution in [0.1, 0.15) is 30.5 Å². The normalized spacial score (nSPS) is 12.1. The van der Waals surface area contributed by atoms with E-state index < -0.39 is 0 Å². The number of hydrogen-bond donors (Lipinski definition) is 1. The molecule has 2 aromatic heterocycles. The minimum atomic E-state index is -0.0479. The lowest BCUT2D eigenvalue weighted by atomic mass is 10.0. The van der Waals surface area contributed by atoms with Crippen LogP contribution in [-0.4, -0.2) is 21.9 Å². The van der Waals surface area contributed by atoms with Crippen LogP contribution in [0.4, 0.5) is 0 Å². The summed E-state index contributed by atoms with van der Waals surface area (Å²) in [4.78, 5) is 13.2. The van der Waals surface area contributed by atoms with Crippen LogP contribution in [0.5, 0.6) is 0 Å². The maximum atomic E-state index is 12.2. The Labute approximate surface area is 154 Å². The van der Waals surface area contributed by atoms with Crippen LogP contribution in [-0.2, 0) is 4.79 Å². The lowest BCUT2D eigenvalue weighted by molar-refractivity contribution is -0.119. The van der Waals surface area contributed by atoms with Gasteiger partial charge < -0.3 is 9.73 Å². The van der Waals surface area contributed by atoms with Crippen LogP contribution in [0.2, 0.25) is 0 Å². The van der Waals surface area contributed by atoms with Crippen molar-refractivity contribution in [2.45, 2.75) is 31.5 Å². The lowest BCUT2D eigenvalue weighted by Gasteiger charge is -2.17. The number of aromatic nitrogens is 2. The van der Waals surface area contributed by atoms with E-state index in [1.165, 1.54) is 28.7 Å². The van der Waals surface area contributed by atoms with Gasteiger partial charge in [0, 0.05) is 0 Å². The minimum absolute atomic E-state index is 0.0121. The van der Waals surface area contributed by atoms with E-state index in [0.717, 1.165) is 16.9 Å². The van der Waals surface area contributed by atoms with Crippen molar-refractivity contribution in [2.75, 3.05) is 5.75 Å². The molecule has 0 fully saturated rings. The molecule has 7 heteroatoms. The van der Waals surface area contributed by atoms with Gasteiger partial charge in [-0.25, -0.2) is 0 Å². The van der Waals surface area contributed by atoms with Crippen LogP contribution in [0.25, 0.3) is 10.8 Å². The molecule has 130 valence electrons. The van der Waals surface area contributed by atoms with E-state index in [0.29, 0.717) is 11.1 Å². The molecule has 1 atom stereocenters. The van der Waals surface area contributed by atoms with E-state index in [4.69, 9.17) is 4.42 Å². The summed E-state index contributed by atoms with van der Waals surface area (Å²) >= 11 is 2.79. The molecule has 1 N–H and O–H groups in total. The number of benzene rings is 1. The summed E-state index contributed by atoms with van der Waals surface area (Å²) in [6.07, 6.45) is 0.836. The van der Waals surface area contributed by atoms with E-state index in [1.807, 2.05) is 17.5 Å². The second-order valence-corrected chi connectivity index (χ2v) is 7.45. The van der Waals surface area contributed by atoms with Gasteiger partial charge in [0.15, 0.2) is 0 Å². The highest BCUT2D eigenvalue weighted by Gasteiger charge is 2.15. The van der Waals surface area contributed by atoms with Crippen molar-refractivity contribution < 1.29 is 9.21 Å². The first-order valence-electron chi connectivity index (χ1n) is 8.02. The number of nitrogens with zero attached hydrogens (tertiary/aromatic N) is 2. The molecule has 3 rings (SSSR count). The first-order chi connectivity index (χ1) is 12.2. The van der Waals surface area contributed by atoms with Gasteiger partial charge in [0.1, 0.15) is 0 Å². The third kappa shape index (κ3) is 4.70. The maximum absolute atomic E-state index is 12.2. The fourth-order valence-corrected chi connectivity index (χ4v) is 3.57. The molecule has 0 saturated carbocycles. The first kappa shape index (κ1) is 17.7. The quantitative estimate of drug-likeness (QED) is 0.619. The van der Waals surface area contributed by atoms with Crippen LogP contribution in [0.3, 0.4) is 0 Å². The summed E-state index contributed by atoms with van der Waals surface area (Å²) in [5, 5.41) is 13.4. The molecule has 2 heterocycles. The largest absolute Gasteiger partial charge is 0.410 e. The topological polar surface area (TPSA) is 68.0 Å². The molecular weight excluding hydrogens is 354 g/mol. The van der Waals surface area contributed by atoms with Gasteiger partial charge in [-0.15, -0.1) is 21.5 Å². The van der Waals surface area contributed by atoms with Crippen LogP contribution >= 0.6 is 23.1 Å². The second kappa shape index (κ2) is 8.31. The number of thioether (sulfide) groups is 1. The Morgan fingerprint density at radius 3 is 2.76 bits per heavy atom. The van der Waals surface area contributed by atoms with Gasteiger partial charge in [-0.2, -0.15) is 0 Å². The number of nitrogens with one attached hydrogen (secondary N) is 1. The Morgan fingerprint density at radius 2 is 2.08 bits per heavy atom. The predicted octanol–water partition coefficient (Wildman–Crippen LogP) is 4.47. The predicted molar refractivity (Wildman–Crippen MR) is 101 cm³/mol. The zero-order valence-corrected chi connectivity index (χ0v) is 15.7. The molecule has 1 amide bonds. The molecule has 3 aromatic rings. The smallest absolute Gasteiger partial charge is 0.277 e. The highest BCUT2D eigenvalue weighted by atomic mass is 32.2. The molecule has 0 radical (unpaired) electrons. The maximum Gasteiger partial charge on any atom is 0.277 e. The summed E-state index contributed by atoms with van der Waals surface area (Å²) < 4.78 is 5.58. The average Bonchev–Trinajstić information content (AvgIpc) is 3.30. The van der Waals surface area contributed by atoms with Crippen molar-refractivity contribution >= 4 is 29.0 Å². The highest BCUT2D eigenvalue weighted by molar-refractivity contribution is 7.99. The first-order valence-corrected chi connectivity index (χ1v) is 9.88.